The number of anilines is 2. The Hall–Kier alpha value is -5.24. The van der Waals surface area contributed by atoms with Crippen LogP contribution in [0.15, 0.2) is 73.2 Å². The quantitative estimate of drug-likeness (QED) is 0.213. The summed E-state index contributed by atoms with van der Waals surface area (Å²) < 4.78 is 12.6. The Balaban J connectivity index is 1.38. The van der Waals surface area contributed by atoms with E-state index in [0.717, 1.165) is 5.56 Å². The lowest BCUT2D eigenvalue weighted by Gasteiger charge is -2.29. The molecule has 1 aliphatic heterocycles. The van der Waals surface area contributed by atoms with Crippen LogP contribution < -0.4 is 21.3 Å². The lowest BCUT2D eigenvalue weighted by Crippen LogP contribution is -2.59. The smallest absolute Gasteiger partial charge is 0.408 e. The third-order valence-corrected chi connectivity index (χ3v) is 7.52. The van der Waals surface area contributed by atoms with Crippen molar-refractivity contribution in [1.29, 1.82) is 0 Å². The fourth-order valence-corrected chi connectivity index (χ4v) is 5.06. The normalized spacial score (nSPS) is 15.2. The molecule has 0 aliphatic carbocycles. The van der Waals surface area contributed by atoms with Gasteiger partial charge in [-0.1, -0.05) is 48.5 Å². The minimum Gasteiger partial charge on any atom is -0.444 e. The van der Waals surface area contributed by atoms with Gasteiger partial charge in [-0.3, -0.25) is 19.2 Å². The molecule has 1 aromatic heterocycles. The Bertz CT molecular complexity index is 1600. The highest BCUT2D eigenvalue weighted by molar-refractivity contribution is 5.99. The van der Waals surface area contributed by atoms with E-state index in [1.54, 1.807) is 37.8 Å². The summed E-state index contributed by atoms with van der Waals surface area (Å²) >= 11 is 0. The Labute approximate surface area is 285 Å². The number of imidazole rings is 1. The Kier molecular flexibility index (Phi) is 12.1. The first-order valence-corrected chi connectivity index (χ1v) is 16.1. The molecule has 1 aliphatic rings. The fraction of sp³-hybridized carbons (Fsp3) is 0.429. The molecular weight excluding hydrogens is 630 g/mol. The number of benzene rings is 2. The van der Waals surface area contributed by atoms with Crippen molar-refractivity contribution in [2.75, 3.05) is 23.8 Å². The van der Waals surface area contributed by atoms with Gasteiger partial charge in [0, 0.05) is 18.4 Å². The molecule has 0 saturated carbocycles. The van der Waals surface area contributed by atoms with Gasteiger partial charge in [-0.15, -0.1) is 0 Å². The minimum absolute atomic E-state index is 0.0944. The van der Waals surface area contributed by atoms with E-state index in [1.165, 1.54) is 30.9 Å². The van der Waals surface area contributed by atoms with Crippen molar-refractivity contribution in [3.05, 3.63) is 78.8 Å². The molecule has 4 N–H and O–H groups in total. The summed E-state index contributed by atoms with van der Waals surface area (Å²) in [4.78, 5) is 71.1. The number of likely N-dealkylation sites (tertiary alicyclic amines) is 1. The van der Waals surface area contributed by atoms with E-state index in [4.69, 9.17) is 9.47 Å². The van der Waals surface area contributed by atoms with E-state index < -0.39 is 41.1 Å². The van der Waals surface area contributed by atoms with Crippen LogP contribution in [-0.2, 0) is 41.8 Å². The van der Waals surface area contributed by atoms with Gasteiger partial charge in [0.1, 0.15) is 29.8 Å². The van der Waals surface area contributed by atoms with Crippen LogP contribution in [0.25, 0.3) is 0 Å². The molecule has 2 atom stereocenters. The summed E-state index contributed by atoms with van der Waals surface area (Å²) in [6, 6.07) is 16.6. The van der Waals surface area contributed by atoms with Crippen molar-refractivity contribution in [3.63, 3.8) is 0 Å². The average molecular weight is 676 g/mol. The predicted molar refractivity (Wildman–Crippen MR) is 182 cm³/mol. The first kappa shape index (κ1) is 36.6. The van der Waals surface area contributed by atoms with Gasteiger partial charge in [0.05, 0.1) is 19.5 Å². The molecule has 262 valence electrons. The lowest BCUT2D eigenvalue weighted by atomic mass is 10.0. The van der Waals surface area contributed by atoms with E-state index >= 15 is 0 Å². The van der Waals surface area contributed by atoms with E-state index in [1.807, 2.05) is 48.5 Å². The second kappa shape index (κ2) is 16.2. The molecule has 4 rings (SSSR count). The second-order valence-electron chi connectivity index (χ2n) is 13.3. The van der Waals surface area contributed by atoms with E-state index in [0.29, 0.717) is 25.1 Å². The standard InChI is InChI=1S/C35H45N7O7/c1-34(2,3)49-33(47)40-35(4,5)32(46)38-26(22-48-21-24-13-8-6-9-14-24)30(44)39-28-19-41(23-36-28)20-29(43)42-18-12-17-27(42)31(45)37-25-15-10-7-11-16-25/h6-11,13-16,19,23,26-27H,12,17-18,20-22H2,1-5H3,(H,37,45)(H,38,46)(H,39,44)(H,40,47). The zero-order chi connectivity index (χ0) is 35.6. The first-order valence-electron chi connectivity index (χ1n) is 16.1. The van der Waals surface area contributed by atoms with Gasteiger partial charge in [-0.2, -0.15) is 0 Å². The molecule has 2 heterocycles. The number of para-hydroxylation sites is 1. The third kappa shape index (κ3) is 11.2. The SMILES string of the molecule is CC(C)(C)OC(=O)NC(C)(C)C(=O)NC(COCc1ccccc1)C(=O)Nc1cn(CC(=O)N2CCCC2C(=O)Nc2ccccc2)cn1. The maximum Gasteiger partial charge on any atom is 0.408 e. The monoisotopic (exact) mass is 675 g/mol. The highest BCUT2D eigenvalue weighted by Crippen LogP contribution is 2.20. The molecule has 5 amide bonds. The summed E-state index contributed by atoms with van der Waals surface area (Å²) in [5.74, 6) is -1.63. The molecule has 49 heavy (non-hydrogen) atoms. The van der Waals surface area contributed by atoms with Crippen molar-refractivity contribution in [1.82, 2.24) is 25.1 Å². The van der Waals surface area contributed by atoms with Gasteiger partial charge in [0.15, 0.2) is 5.82 Å². The molecule has 14 nitrogen and oxygen atoms in total. The largest absolute Gasteiger partial charge is 0.444 e. The number of hydrogen-bond acceptors (Lipinski definition) is 8. The third-order valence-electron chi connectivity index (χ3n) is 7.52. The number of alkyl carbamates (subject to hydrolysis) is 1. The van der Waals surface area contributed by atoms with Crippen molar-refractivity contribution in [2.45, 2.75) is 83.8 Å². The number of amides is 5. The Morgan fingerprint density at radius 1 is 0.939 bits per heavy atom. The van der Waals surface area contributed by atoms with Crippen LogP contribution >= 0.6 is 0 Å². The van der Waals surface area contributed by atoms with E-state index in [2.05, 4.69) is 26.3 Å². The van der Waals surface area contributed by atoms with Crippen molar-refractivity contribution in [2.24, 2.45) is 0 Å². The lowest BCUT2D eigenvalue weighted by molar-refractivity contribution is -0.137. The van der Waals surface area contributed by atoms with Gasteiger partial charge >= 0.3 is 6.09 Å². The Morgan fingerprint density at radius 2 is 1.61 bits per heavy atom. The maximum absolute atomic E-state index is 13.4. The minimum atomic E-state index is -1.44. The van der Waals surface area contributed by atoms with E-state index in [-0.39, 0.29) is 37.4 Å². The van der Waals surface area contributed by atoms with Gasteiger partial charge < -0.3 is 40.2 Å². The van der Waals surface area contributed by atoms with Crippen LogP contribution in [0.1, 0.15) is 53.0 Å². The molecule has 1 fully saturated rings. The summed E-state index contributed by atoms with van der Waals surface area (Å²) in [5.41, 5.74) is -0.676. The zero-order valence-electron chi connectivity index (χ0n) is 28.5. The molecule has 14 heteroatoms. The number of ether oxygens (including phenoxy) is 2. The predicted octanol–water partition coefficient (Wildman–Crippen LogP) is 3.46. The van der Waals surface area contributed by atoms with Gasteiger partial charge in [0.25, 0.3) is 5.91 Å². The number of carbonyl (C=O) groups excluding carboxylic acids is 5. The van der Waals surface area contributed by atoms with Gasteiger partial charge in [-0.05, 0) is 65.2 Å². The second-order valence-corrected chi connectivity index (χ2v) is 13.3. The van der Waals surface area contributed by atoms with Crippen LogP contribution in [0, 0.1) is 0 Å². The van der Waals surface area contributed by atoms with Crippen molar-refractivity contribution in [3.8, 4) is 0 Å². The topological polar surface area (TPSA) is 173 Å². The summed E-state index contributed by atoms with van der Waals surface area (Å²) in [7, 11) is 0. The zero-order valence-corrected chi connectivity index (χ0v) is 28.5. The van der Waals surface area contributed by atoms with Crippen molar-refractivity contribution < 1.29 is 33.4 Å². The summed E-state index contributed by atoms with van der Waals surface area (Å²) in [6.07, 6.45) is 3.36. The molecular formula is C35H45N7O7. The number of aromatic nitrogens is 2. The molecule has 2 unspecified atom stereocenters. The molecule has 0 radical (unpaired) electrons. The first-order chi connectivity index (χ1) is 23.2. The number of rotatable bonds is 13. The van der Waals surface area contributed by atoms with Crippen LogP contribution in [-0.4, -0.2) is 80.5 Å². The highest BCUT2D eigenvalue weighted by atomic mass is 16.6. The fourth-order valence-electron chi connectivity index (χ4n) is 5.06. The van der Waals surface area contributed by atoms with Crippen LogP contribution in [0.3, 0.4) is 0 Å². The average Bonchev–Trinajstić information content (AvgIpc) is 3.70. The summed E-state index contributed by atoms with van der Waals surface area (Å²) in [5, 5.41) is 10.7. The number of hydrogen-bond donors (Lipinski definition) is 4. The van der Waals surface area contributed by atoms with Crippen molar-refractivity contribution >= 4 is 41.2 Å². The summed E-state index contributed by atoms with van der Waals surface area (Å²) in [6.45, 7) is 8.45. The van der Waals surface area contributed by atoms with Crippen LogP contribution in [0.5, 0.6) is 0 Å². The van der Waals surface area contributed by atoms with Gasteiger partial charge in [0.2, 0.25) is 17.7 Å². The maximum atomic E-state index is 13.4. The Morgan fingerprint density at radius 3 is 2.29 bits per heavy atom. The molecule has 2 aromatic carbocycles. The van der Waals surface area contributed by atoms with Crippen LogP contribution in [0.4, 0.5) is 16.3 Å². The molecule has 0 bridgehead atoms. The number of nitrogens with one attached hydrogen (secondary N) is 4. The molecule has 0 spiro atoms. The van der Waals surface area contributed by atoms with Gasteiger partial charge in [-0.25, -0.2) is 9.78 Å². The van der Waals surface area contributed by atoms with E-state index in [9.17, 15) is 24.0 Å². The number of carbonyl (C=O) groups is 5. The number of nitrogens with zero attached hydrogens (tertiary/aromatic N) is 3. The molecule has 3 aromatic rings. The van der Waals surface area contributed by atoms with Crippen LogP contribution in [0.2, 0.25) is 0 Å². The highest BCUT2D eigenvalue weighted by Gasteiger charge is 2.36. The molecule has 1 saturated heterocycles.